The highest BCUT2D eigenvalue weighted by Gasteiger charge is 2.00. The summed E-state index contributed by atoms with van der Waals surface area (Å²) in [5.74, 6) is -0.276. The fourth-order valence-electron chi connectivity index (χ4n) is 1.40. The molecule has 15 heavy (non-hydrogen) atoms. The Hall–Kier alpha value is -1.74. The van der Waals surface area contributed by atoms with Crippen LogP contribution in [0.15, 0.2) is 42.7 Å². The predicted octanol–water partition coefficient (Wildman–Crippen LogP) is 2.38. The van der Waals surface area contributed by atoms with Gasteiger partial charge in [-0.1, -0.05) is 12.1 Å². The van der Waals surface area contributed by atoms with E-state index in [1.54, 1.807) is 30.6 Å². The topological polar surface area (TPSA) is 33.1 Å². The third-order valence-electron chi connectivity index (χ3n) is 2.14. The lowest BCUT2D eigenvalue weighted by molar-refractivity contribution is 0.281. The summed E-state index contributed by atoms with van der Waals surface area (Å²) < 4.78 is 13.0. The molecule has 0 atom stereocenters. The Morgan fingerprint density at radius 1 is 1.13 bits per heavy atom. The average Bonchev–Trinajstić information content (AvgIpc) is 2.29. The van der Waals surface area contributed by atoms with Gasteiger partial charge in [0.25, 0.3) is 0 Å². The summed E-state index contributed by atoms with van der Waals surface area (Å²) in [6, 6.07) is 8.09. The van der Waals surface area contributed by atoms with Gasteiger partial charge in [-0.15, -0.1) is 0 Å². The summed E-state index contributed by atoms with van der Waals surface area (Å²) in [5, 5.41) is 8.95. The lowest BCUT2D eigenvalue weighted by atomic mass is 10.1. The number of aliphatic hydroxyl groups is 1. The molecule has 0 aliphatic heterocycles. The molecule has 2 aromatic rings. The maximum Gasteiger partial charge on any atom is 0.123 e. The van der Waals surface area contributed by atoms with Crippen LogP contribution in [0.2, 0.25) is 0 Å². The molecule has 0 radical (unpaired) electrons. The number of rotatable bonds is 2. The number of halogens is 1. The third kappa shape index (κ3) is 2.19. The molecule has 1 N–H and O–H groups in total. The maximum absolute atomic E-state index is 13.0. The normalized spacial score (nSPS) is 10.3. The highest BCUT2D eigenvalue weighted by molar-refractivity contribution is 5.62. The number of nitrogens with zero attached hydrogens (tertiary/aromatic N) is 1. The number of hydrogen-bond acceptors (Lipinski definition) is 2. The lowest BCUT2D eigenvalue weighted by Gasteiger charge is -2.02. The van der Waals surface area contributed by atoms with Crippen LogP contribution in [-0.2, 0) is 6.61 Å². The quantitative estimate of drug-likeness (QED) is 0.812. The number of benzene rings is 1. The molecule has 0 fully saturated rings. The Morgan fingerprint density at radius 2 is 2.00 bits per heavy atom. The van der Waals surface area contributed by atoms with Gasteiger partial charge >= 0.3 is 0 Å². The van der Waals surface area contributed by atoms with Gasteiger partial charge in [0.2, 0.25) is 0 Å². The maximum atomic E-state index is 13.0. The second kappa shape index (κ2) is 4.19. The first-order valence-corrected chi connectivity index (χ1v) is 4.60. The van der Waals surface area contributed by atoms with Crippen LogP contribution in [0.5, 0.6) is 0 Å². The Labute approximate surface area is 87.0 Å². The first-order valence-electron chi connectivity index (χ1n) is 4.60. The standard InChI is InChI=1S/C12H10FNO/c13-12-3-1-2-10(5-12)11-4-9(8-15)6-14-7-11/h1-7,15H,8H2. The van der Waals surface area contributed by atoms with Crippen molar-refractivity contribution in [3.8, 4) is 11.1 Å². The van der Waals surface area contributed by atoms with Crippen molar-refractivity contribution < 1.29 is 9.50 Å². The van der Waals surface area contributed by atoms with E-state index in [1.807, 2.05) is 0 Å². The predicted molar refractivity (Wildman–Crippen MR) is 55.6 cm³/mol. The van der Waals surface area contributed by atoms with E-state index in [0.29, 0.717) is 0 Å². The fraction of sp³-hybridized carbons (Fsp3) is 0.0833. The van der Waals surface area contributed by atoms with Crippen LogP contribution >= 0.6 is 0 Å². The number of aromatic nitrogens is 1. The summed E-state index contributed by atoms with van der Waals surface area (Å²) in [6.07, 6.45) is 3.23. The molecule has 0 spiro atoms. The van der Waals surface area contributed by atoms with E-state index in [2.05, 4.69) is 4.98 Å². The summed E-state index contributed by atoms with van der Waals surface area (Å²) in [5.41, 5.74) is 2.29. The van der Waals surface area contributed by atoms with Gasteiger partial charge < -0.3 is 5.11 Å². The van der Waals surface area contributed by atoms with E-state index in [0.717, 1.165) is 16.7 Å². The van der Waals surface area contributed by atoms with E-state index in [4.69, 9.17) is 5.11 Å². The van der Waals surface area contributed by atoms with Gasteiger partial charge in [0.15, 0.2) is 0 Å². The monoisotopic (exact) mass is 203 g/mol. The van der Waals surface area contributed by atoms with Crippen molar-refractivity contribution in [3.05, 3.63) is 54.1 Å². The van der Waals surface area contributed by atoms with Crippen molar-refractivity contribution >= 4 is 0 Å². The molecule has 0 saturated carbocycles. The van der Waals surface area contributed by atoms with Crippen LogP contribution in [0.1, 0.15) is 5.56 Å². The molecule has 3 heteroatoms. The summed E-state index contributed by atoms with van der Waals surface area (Å²) in [6.45, 7) is -0.0594. The second-order valence-electron chi connectivity index (χ2n) is 3.25. The zero-order valence-corrected chi connectivity index (χ0v) is 8.02. The Balaban J connectivity index is 2.44. The van der Waals surface area contributed by atoms with Crippen LogP contribution in [0.3, 0.4) is 0 Å². The van der Waals surface area contributed by atoms with Crippen molar-refractivity contribution in [2.75, 3.05) is 0 Å². The van der Waals surface area contributed by atoms with E-state index in [1.165, 1.54) is 12.1 Å². The van der Waals surface area contributed by atoms with Crippen molar-refractivity contribution in [3.63, 3.8) is 0 Å². The molecule has 1 aromatic carbocycles. The van der Waals surface area contributed by atoms with Crippen molar-refractivity contribution in [2.24, 2.45) is 0 Å². The van der Waals surface area contributed by atoms with Gasteiger partial charge in [-0.05, 0) is 29.3 Å². The molecule has 0 unspecified atom stereocenters. The molecule has 2 nitrogen and oxygen atoms in total. The van der Waals surface area contributed by atoms with Gasteiger partial charge in [0, 0.05) is 18.0 Å². The van der Waals surface area contributed by atoms with Gasteiger partial charge in [-0.25, -0.2) is 4.39 Å². The van der Waals surface area contributed by atoms with Crippen LogP contribution in [0.25, 0.3) is 11.1 Å². The van der Waals surface area contributed by atoms with E-state index < -0.39 is 0 Å². The average molecular weight is 203 g/mol. The van der Waals surface area contributed by atoms with Crippen LogP contribution in [0, 0.1) is 5.82 Å². The molecule has 1 aromatic heterocycles. The minimum Gasteiger partial charge on any atom is -0.392 e. The number of hydrogen-bond donors (Lipinski definition) is 1. The summed E-state index contributed by atoms with van der Waals surface area (Å²) >= 11 is 0. The molecular weight excluding hydrogens is 193 g/mol. The minimum absolute atomic E-state index is 0.0594. The summed E-state index contributed by atoms with van der Waals surface area (Å²) in [4.78, 5) is 3.98. The van der Waals surface area contributed by atoms with E-state index in [9.17, 15) is 4.39 Å². The number of pyridine rings is 1. The van der Waals surface area contributed by atoms with Gasteiger partial charge in [0.1, 0.15) is 5.82 Å². The molecule has 2 rings (SSSR count). The molecule has 76 valence electrons. The van der Waals surface area contributed by atoms with Crippen LogP contribution < -0.4 is 0 Å². The Morgan fingerprint density at radius 3 is 2.73 bits per heavy atom. The highest BCUT2D eigenvalue weighted by atomic mass is 19.1. The molecule has 0 saturated heterocycles. The van der Waals surface area contributed by atoms with E-state index >= 15 is 0 Å². The van der Waals surface area contributed by atoms with Gasteiger partial charge in [-0.3, -0.25) is 4.98 Å². The van der Waals surface area contributed by atoms with Crippen LogP contribution in [0.4, 0.5) is 4.39 Å². The van der Waals surface area contributed by atoms with Crippen molar-refractivity contribution in [2.45, 2.75) is 6.61 Å². The number of aliphatic hydroxyl groups excluding tert-OH is 1. The first-order chi connectivity index (χ1) is 7.29. The van der Waals surface area contributed by atoms with E-state index in [-0.39, 0.29) is 12.4 Å². The SMILES string of the molecule is OCc1cncc(-c2cccc(F)c2)c1. The van der Waals surface area contributed by atoms with Crippen molar-refractivity contribution in [1.82, 2.24) is 4.98 Å². The lowest BCUT2D eigenvalue weighted by Crippen LogP contribution is -1.87. The molecule has 0 aliphatic rings. The molecule has 0 amide bonds. The van der Waals surface area contributed by atoms with Gasteiger partial charge in [-0.2, -0.15) is 0 Å². The third-order valence-corrected chi connectivity index (χ3v) is 2.14. The molecule has 0 bridgehead atoms. The first kappa shape index (κ1) is 9.80. The smallest absolute Gasteiger partial charge is 0.123 e. The largest absolute Gasteiger partial charge is 0.392 e. The Bertz CT molecular complexity index is 471. The van der Waals surface area contributed by atoms with Crippen LogP contribution in [-0.4, -0.2) is 10.1 Å². The summed E-state index contributed by atoms with van der Waals surface area (Å²) in [7, 11) is 0. The highest BCUT2D eigenvalue weighted by Crippen LogP contribution is 2.19. The zero-order valence-electron chi connectivity index (χ0n) is 8.02. The minimum atomic E-state index is -0.276. The Kier molecular flexibility index (Phi) is 2.74. The van der Waals surface area contributed by atoms with Gasteiger partial charge in [0.05, 0.1) is 6.61 Å². The molecule has 1 heterocycles. The molecular formula is C12H10FNO. The second-order valence-corrected chi connectivity index (χ2v) is 3.25. The molecule has 0 aliphatic carbocycles. The zero-order chi connectivity index (χ0) is 10.7. The van der Waals surface area contributed by atoms with Crippen molar-refractivity contribution in [1.29, 1.82) is 0 Å². The fourth-order valence-corrected chi connectivity index (χ4v) is 1.40.